The summed E-state index contributed by atoms with van der Waals surface area (Å²) in [4.78, 5) is 14.6. The van der Waals surface area contributed by atoms with Crippen LogP contribution in [0.25, 0.3) is 11.1 Å². The molecule has 0 bridgehead atoms. The van der Waals surface area contributed by atoms with Crippen molar-refractivity contribution in [2.45, 2.75) is 13.0 Å². The van der Waals surface area contributed by atoms with E-state index in [9.17, 15) is 9.90 Å². The number of hydrogen-bond acceptors (Lipinski definition) is 5. The first kappa shape index (κ1) is 11.6. The summed E-state index contributed by atoms with van der Waals surface area (Å²) in [6.07, 6.45) is 2.42. The molecular weight excluding hydrogens is 238 g/mol. The van der Waals surface area contributed by atoms with Gasteiger partial charge in [0.05, 0.1) is 5.97 Å². The summed E-state index contributed by atoms with van der Waals surface area (Å²) in [5.41, 5.74) is 1.74. The maximum absolute atomic E-state index is 10.6. The van der Waals surface area contributed by atoms with Crippen LogP contribution >= 0.6 is 11.3 Å². The zero-order valence-electron chi connectivity index (χ0n) is 9.12. The Morgan fingerprint density at radius 2 is 2.35 bits per heavy atom. The minimum Gasteiger partial charge on any atom is -0.546 e. The summed E-state index contributed by atoms with van der Waals surface area (Å²) in [6.45, 7) is 1.44. The van der Waals surface area contributed by atoms with Crippen LogP contribution in [0.5, 0.6) is 5.75 Å². The van der Waals surface area contributed by atoms with Gasteiger partial charge in [0, 0.05) is 34.3 Å². The van der Waals surface area contributed by atoms with E-state index in [4.69, 9.17) is 4.74 Å². The van der Waals surface area contributed by atoms with E-state index >= 15 is 0 Å². The van der Waals surface area contributed by atoms with Crippen molar-refractivity contribution in [3.8, 4) is 16.9 Å². The first-order chi connectivity index (χ1) is 8.18. The van der Waals surface area contributed by atoms with E-state index in [2.05, 4.69) is 4.98 Å². The molecule has 0 aliphatic rings. The van der Waals surface area contributed by atoms with E-state index in [-0.39, 0.29) is 0 Å². The lowest BCUT2D eigenvalue weighted by Gasteiger charge is -2.15. The Morgan fingerprint density at radius 3 is 3.00 bits per heavy atom. The zero-order chi connectivity index (χ0) is 12.3. The van der Waals surface area contributed by atoms with E-state index in [0.717, 1.165) is 11.1 Å². The maximum Gasteiger partial charge on any atom is 0.138 e. The SMILES string of the molecule is C[C@@H](Oc1cscc1-c1cccnc1)C(=O)[O-]. The van der Waals surface area contributed by atoms with Crippen molar-refractivity contribution in [1.82, 2.24) is 4.98 Å². The number of ether oxygens (including phenoxy) is 1. The number of pyridine rings is 1. The van der Waals surface area contributed by atoms with Crippen LogP contribution in [0.2, 0.25) is 0 Å². The van der Waals surface area contributed by atoms with Crippen LogP contribution in [0.3, 0.4) is 0 Å². The molecule has 17 heavy (non-hydrogen) atoms. The molecule has 0 saturated carbocycles. The first-order valence-electron chi connectivity index (χ1n) is 5.02. The molecular formula is C12H10NO3S-. The van der Waals surface area contributed by atoms with Crippen LogP contribution in [0, 0.1) is 0 Å². The average molecular weight is 248 g/mol. The Morgan fingerprint density at radius 1 is 1.53 bits per heavy atom. The number of rotatable bonds is 4. The highest BCUT2D eigenvalue weighted by atomic mass is 32.1. The van der Waals surface area contributed by atoms with Crippen molar-refractivity contribution in [2.75, 3.05) is 0 Å². The summed E-state index contributed by atoms with van der Waals surface area (Å²) in [5, 5.41) is 14.3. The third-order valence-electron chi connectivity index (χ3n) is 2.23. The Bertz CT molecular complexity index is 509. The van der Waals surface area contributed by atoms with Crippen molar-refractivity contribution < 1.29 is 14.6 Å². The molecule has 1 atom stereocenters. The van der Waals surface area contributed by atoms with Crippen molar-refractivity contribution >= 4 is 17.3 Å². The van der Waals surface area contributed by atoms with E-state index in [1.807, 2.05) is 17.5 Å². The number of hydrogen-bond donors (Lipinski definition) is 0. The normalized spacial score (nSPS) is 12.1. The summed E-state index contributed by atoms with van der Waals surface area (Å²) in [7, 11) is 0. The van der Waals surface area contributed by atoms with E-state index in [1.165, 1.54) is 18.3 Å². The third-order valence-corrected chi connectivity index (χ3v) is 2.96. The highest BCUT2D eigenvalue weighted by molar-refractivity contribution is 7.08. The number of carbonyl (C=O) groups excluding carboxylic acids is 1. The number of carboxylic acid groups (broad SMARTS) is 1. The van der Waals surface area contributed by atoms with Crippen molar-refractivity contribution in [1.29, 1.82) is 0 Å². The Kier molecular flexibility index (Phi) is 3.39. The highest BCUT2D eigenvalue weighted by Crippen LogP contribution is 2.33. The van der Waals surface area contributed by atoms with Crippen LogP contribution in [0.1, 0.15) is 6.92 Å². The molecule has 2 aromatic rings. The predicted molar refractivity (Wildman–Crippen MR) is 62.6 cm³/mol. The van der Waals surface area contributed by atoms with Gasteiger partial charge in [0.25, 0.3) is 0 Å². The fourth-order valence-electron chi connectivity index (χ4n) is 1.35. The van der Waals surface area contributed by atoms with Crippen LogP contribution in [0.4, 0.5) is 0 Å². The van der Waals surface area contributed by atoms with Crippen molar-refractivity contribution in [3.63, 3.8) is 0 Å². The molecule has 0 aliphatic carbocycles. The van der Waals surface area contributed by atoms with E-state index in [0.29, 0.717) is 5.75 Å². The fourth-order valence-corrected chi connectivity index (χ4v) is 2.11. The quantitative estimate of drug-likeness (QED) is 0.818. The maximum atomic E-state index is 10.6. The summed E-state index contributed by atoms with van der Waals surface area (Å²) in [5.74, 6) is -0.687. The van der Waals surface area contributed by atoms with Crippen molar-refractivity contribution in [3.05, 3.63) is 35.3 Å². The molecule has 5 heteroatoms. The smallest absolute Gasteiger partial charge is 0.138 e. The molecule has 4 nitrogen and oxygen atoms in total. The van der Waals surface area contributed by atoms with Crippen LogP contribution in [-0.4, -0.2) is 17.1 Å². The standard InChI is InChI=1S/C12H11NO3S/c1-8(12(14)15)16-11-7-17-6-10(11)9-3-2-4-13-5-9/h2-8H,1H3,(H,14,15)/p-1/t8-/m1/s1. The molecule has 88 valence electrons. The second-order valence-electron chi connectivity index (χ2n) is 3.47. The number of carboxylic acids is 1. The molecule has 0 aliphatic heterocycles. The predicted octanol–water partition coefficient (Wildman–Crippen LogP) is 1.33. The van der Waals surface area contributed by atoms with Gasteiger partial charge in [-0.05, 0) is 13.0 Å². The topological polar surface area (TPSA) is 62.2 Å². The van der Waals surface area contributed by atoms with Gasteiger partial charge in [-0.2, -0.15) is 0 Å². The molecule has 0 saturated heterocycles. The molecule has 2 rings (SSSR count). The minimum absolute atomic E-state index is 0.541. The van der Waals surface area contributed by atoms with Crippen LogP contribution in [0.15, 0.2) is 35.3 Å². The van der Waals surface area contributed by atoms with Gasteiger partial charge in [-0.1, -0.05) is 6.07 Å². The Labute approximate surface area is 103 Å². The second kappa shape index (κ2) is 4.97. The summed E-state index contributed by atoms with van der Waals surface area (Å²) < 4.78 is 5.32. The number of thiophene rings is 1. The molecule has 0 aromatic carbocycles. The average Bonchev–Trinajstić information content (AvgIpc) is 2.78. The third kappa shape index (κ3) is 2.62. The first-order valence-corrected chi connectivity index (χ1v) is 5.97. The molecule has 0 fully saturated rings. The van der Waals surface area contributed by atoms with Gasteiger partial charge in [0.2, 0.25) is 0 Å². The van der Waals surface area contributed by atoms with Gasteiger partial charge in [0.1, 0.15) is 11.9 Å². The van der Waals surface area contributed by atoms with Gasteiger partial charge in [0.15, 0.2) is 0 Å². The lowest BCUT2D eigenvalue weighted by atomic mass is 10.1. The highest BCUT2D eigenvalue weighted by Gasteiger charge is 2.11. The van der Waals surface area contributed by atoms with E-state index in [1.54, 1.807) is 17.8 Å². The molecule has 0 spiro atoms. The van der Waals surface area contributed by atoms with Crippen LogP contribution in [-0.2, 0) is 4.79 Å². The molecule has 2 heterocycles. The molecule has 0 N–H and O–H groups in total. The molecule has 0 unspecified atom stereocenters. The lowest BCUT2D eigenvalue weighted by molar-refractivity contribution is -0.312. The van der Waals surface area contributed by atoms with Crippen LogP contribution < -0.4 is 9.84 Å². The van der Waals surface area contributed by atoms with Gasteiger partial charge in [-0.3, -0.25) is 4.98 Å². The Balaban J connectivity index is 2.26. The lowest BCUT2D eigenvalue weighted by Crippen LogP contribution is -2.37. The monoisotopic (exact) mass is 248 g/mol. The van der Waals surface area contributed by atoms with Crippen molar-refractivity contribution in [2.24, 2.45) is 0 Å². The minimum atomic E-state index is -1.23. The van der Waals surface area contributed by atoms with Gasteiger partial charge in [-0.25, -0.2) is 0 Å². The number of nitrogens with zero attached hydrogens (tertiary/aromatic N) is 1. The number of carbonyl (C=O) groups is 1. The number of aromatic nitrogens is 1. The Hall–Kier alpha value is -1.88. The van der Waals surface area contributed by atoms with Gasteiger partial charge in [-0.15, -0.1) is 11.3 Å². The second-order valence-corrected chi connectivity index (χ2v) is 4.21. The number of aliphatic carboxylic acids is 1. The summed E-state index contributed by atoms with van der Waals surface area (Å²) >= 11 is 1.45. The summed E-state index contributed by atoms with van der Waals surface area (Å²) in [6, 6.07) is 3.71. The van der Waals surface area contributed by atoms with E-state index < -0.39 is 12.1 Å². The van der Waals surface area contributed by atoms with Gasteiger partial charge >= 0.3 is 0 Å². The van der Waals surface area contributed by atoms with Gasteiger partial charge < -0.3 is 14.6 Å². The fraction of sp³-hybridized carbons (Fsp3) is 0.167. The molecule has 0 amide bonds. The largest absolute Gasteiger partial charge is 0.546 e. The zero-order valence-corrected chi connectivity index (χ0v) is 9.94. The molecule has 0 radical (unpaired) electrons. The molecule has 2 aromatic heterocycles.